The van der Waals surface area contributed by atoms with Gasteiger partial charge in [0.05, 0.1) is 41.5 Å². The van der Waals surface area contributed by atoms with E-state index in [0.29, 0.717) is 36.1 Å². The van der Waals surface area contributed by atoms with Crippen molar-refractivity contribution < 1.29 is 18.3 Å². The number of imidazole rings is 1. The zero-order valence-corrected chi connectivity index (χ0v) is 19.6. The Balaban J connectivity index is 1.59. The number of aryl methyl sites for hydroxylation is 1. The number of fused-ring (bicyclic) bond motifs is 2. The zero-order valence-electron chi connectivity index (χ0n) is 19.6. The predicted octanol–water partition coefficient (Wildman–Crippen LogP) is 1.95. The van der Waals surface area contributed by atoms with Crippen molar-refractivity contribution in [2.75, 3.05) is 26.0 Å². The molecule has 1 saturated heterocycles. The maximum Gasteiger partial charge on any atom is 0.246 e. The molecule has 184 valence electrons. The van der Waals surface area contributed by atoms with E-state index in [9.17, 15) is 9.18 Å². The Kier molecular flexibility index (Phi) is 5.85. The van der Waals surface area contributed by atoms with Gasteiger partial charge >= 0.3 is 0 Å². The van der Waals surface area contributed by atoms with Crippen LogP contribution in [0.4, 0.5) is 14.6 Å². The van der Waals surface area contributed by atoms with Crippen LogP contribution in [-0.4, -0.2) is 66.4 Å². The molecule has 1 aliphatic rings. The molecule has 0 spiro atoms. The van der Waals surface area contributed by atoms with E-state index in [-0.39, 0.29) is 35.0 Å². The Morgan fingerprint density at radius 3 is 2.89 bits per heavy atom. The molecule has 0 aliphatic carbocycles. The van der Waals surface area contributed by atoms with Crippen molar-refractivity contribution in [2.24, 2.45) is 7.05 Å². The summed E-state index contributed by atoms with van der Waals surface area (Å²) in [7, 11) is 3.21. The molecule has 0 unspecified atom stereocenters. The van der Waals surface area contributed by atoms with Gasteiger partial charge in [-0.15, -0.1) is 0 Å². The molecule has 4 aromatic rings. The van der Waals surface area contributed by atoms with Gasteiger partial charge in [0.15, 0.2) is 11.5 Å². The standard InChI is InChI=1S/C24H22F2N8O2/c1-4-19(35)33-9-13(7-14(33)10-36-3)34-24-20(23(27)28-11-29-24)17(31-34)6-5-15-16(25)8-18-22(21(15)26)30-12-32(18)2/h4,8,11-14H,1,7,9-10H2,2-3H3,(H2,27,28,29)/t13-,14+/m0/s1. The second-order valence-corrected chi connectivity index (χ2v) is 8.46. The van der Waals surface area contributed by atoms with Gasteiger partial charge in [0.2, 0.25) is 5.91 Å². The van der Waals surface area contributed by atoms with E-state index < -0.39 is 17.2 Å². The van der Waals surface area contributed by atoms with Crippen LogP contribution in [0.15, 0.2) is 31.4 Å². The van der Waals surface area contributed by atoms with E-state index in [4.69, 9.17) is 10.5 Å². The number of nitrogen functional groups attached to an aromatic ring is 1. The highest BCUT2D eigenvalue weighted by atomic mass is 19.1. The molecule has 2 atom stereocenters. The quantitative estimate of drug-likeness (QED) is 0.342. The van der Waals surface area contributed by atoms with Gasteiger partial charge in [0, 0.05) is 26.8 Å². The van der Waals surface area contributed by atoms with Crippen LogP contribution in [0, 0.1) is 23.5 Å². The first-order valence-corrected chi connectivity index (χ1v) is 11.1. The molecule has 3 aromatic heterocycles. The van der Waals surface area contributed by atoms with E-state index >= 15 is 4.39 Å². The molecule has 1 fully saturated rings. The third-order valence-corrected chi connectivity index (χ3v) is 6.29. The first kappa shape index (κ1) is 23.4. The van der Waals surface area contributed by atoms with Crippen LogP contribution in [0.3, 0.4) is 0 Å². The average Bonchev–Trinajstić information content (AvgIpc) is 3.55. The van der Waals surface area contributed by atoms with Crippen LogP contribution in [0.1, 0.15) is 23.7 Å². The van der Waals surface area contributed by atoms with Gasteiger partial charge in [-0.2, -0.15) is 5.10 Å². The lowest BCUT2D eigenvalue weighted by atomic mass is 10.1. The lowest BCUT2D eigenvalue weighted by molar-refractivity contribution is -0.127. The van der Waals surface area contributed by atoms with Gasteiger partial charge in [0.25, 0.3) is 0 Å². The summed E-state index contributed by atoms with van der Waals surface area (Å²) in [5.41, 5.74) is 6.59. The molecule has 36 heavy (non-hydrogen) atoms. The van der Waals surface area contributed by atoms with Gasteiger partial charge in [-0.05, 0) is 18.4 Å². The first-order valence-electron chi connectivity index (χ1n) is 11.1. The summed E-state index contributed by atoms with van der Waals surface area (Å²) in [4.78, 5) is 26.4. The minimum atomic E-state index is -0.858. The number of amides is 1. The Labute approximate surface area is 204 Å². The van der Waals surface area contributed by atoms with Gasteiger partial charge in [-0.3, -0.25) is 4.79 Å². The van der Waals surface area contributed by atoms with Crippen LogP contribution in [-0.2, 0) is 16.6 Å². The van der Waals surface area contributed by atoms with E-state index in [1.54, 1.807) is 23.7 Å². The van der Waals surface area contributed by atoms with Gasteiger partial charge in [-0.25, -0.2) is 28.4 Å². The van der Waals surface area contributed by atoms with E-state index in [1.165, 1.54) is 29.4 Å². The Morgan fingerprint density at radius 1 is 1.33 bits per heavy atom. The van der Waals surface area contributed by atoms with Crippen molar-refractivity contribution in [1.82, 2.24) is 34.2 Å². The van der Waals surface area contributed by atoms with Crippen LogP contribution < -0.4 is 5.73 Å². The number of nitrogens with two attached hydrogens (primary N) is 1. The second kappa shape index (κ2) is 9.01. The monoisotopic (exact) mass is 492 g/mol. The molecular formula is C24H22F2N8O2. The summed E-state index contributed by atoms with van der Waals surface area (Å²) in [6.45, 7) is 4.25. The van der Waals surface area contributed by atoms with Crippen molar-refractivity contribution in [2.45, 2.75) is 18.5 Å². The number of halogens is 2. The molecule has 0 bridgehead atoms. The largest absolute Gasteiger partial charge is 0.383 e. The maximum absolute atomic E-state index is 15.0. The predicted molar refractivity (Wildman–Crippen MR) is 128 cm³/mol. The number of ether oxygens (including phenoxy) is 1. The fraction of sp³-hybridized carbons (Fsp3) is 0.292. The fourth-order valence-corrected chi connectivity index (χ4v) is 4.57. The first-order chi connectivity index (χ1) is 17.3. The van der Waals surface area contributed by atoms with E-state index in [0.717, 1.165) is 0 Å². The van der Waals surface area contributed by atoms with Gasteiger partial charge in [-0.1, -0.05) is 12.5 Å². The average molecular weight is 492 g/mol. The lowest BCUT2D eigenvalue weighted by Gasteiger charge is -2.22. The Bertz CT molecular complexity index is 1580. The Hall–Kier alpha value is -4.37. The molecule has 12 heteroatoms. The summed E-state index contributed by atoms with van der Waals surface area (Å²) in [6, 6.07) is 0.731. The molecule has 1 amide bonds. The van der Waals surface area contributed by atoms with Crippen LogP contribution in [0.5, 0.6) is 0 Å². The molecule has 4 heterocycles. The van der Waals surface area contributed by atoms with Crippen LogP contribution in [0.25, 0.3) is 22.1 Å². The van der Waals surface area contributed by atoms with Crippen LogP contribution >= 0.6 is 0 Å². The number of methoxy groups -OCH3 is 1. The number of anilines is 1. The number of aromatic nitrogens is 6. The van der Waals surface area contributed by atoms with Crippen molar-refractivity contribution in [3.8, 4) is 11.8 Å². The van der Waals surface area contributed by atoms with Crippen molar-refractivity contribution >= 4 is 33.8 Å². The normalized spacial score (nSPS) is 17.5. The number of rotatable bonds is 4. The molecule has 5 rings (SSSR count). The van der Waals surface area contributed by atoms with Crippen molar-refractivity contribution in [3.63, 3.8) is 0 Å². The molecule has 0 radical (unpaired) electrons. The van der Waals surface area contributed by atoms with E-state index in [2.05, 4.69) is 38.5 Å². The SMILES string of the molecule is C=CC(=O)N1C[C@@H](n2nc(C#Cc3c(F)cc4c(ncn4C)c3F)c3c(N)ncnc32)C[C@@H]1COC. The molecule has 10 nitrogen and oxygen atoms in total. The van der Waals surface area contributed by atoms with Crippen molar-refractivity contribution in [1.29, 1.82) is 0 Å². The van der Waals surface area contributed by atoms with Crippen molar-refractivity contribution in [3.05, 3.63) is 54.3 Å². The molecule has 0 saturated carbocycles. The van der Waals surface area contributed by atoms with Crippen LogP contribution in [0.2, 0.25) is 0 Å². The number of benzene rings is 1. The molecule has 1 aliphatic heterocycles. The van der Waals surface area contributed by atoms with Gasteiger partial charge < -0.3 is 19.9 Å². The third-order valence-electron chi connectivity index (χ3n) is 6.29. The highest BCUT2D eigenvalue weighted by Crippen LogP contribution is 2.32. The van der Waals surface area contributed by atoms with Gasteiger partial charge in [0.1, 0.15) is 29.2 Å². The number of likely N-dealkylation sites (tertiary alicyclic amines) is 1. The number of carbonyl (C=O) groups is 1. The molecular weight excluding hydrogens is 470 g/mol. The second-order valence-electron chi connectivity index (χ2n) is 8.46. The number of nitrogens with zero attached hydrogens (tertiary/aromatic N) is 7. The number of hydrogen-bond acceptors (Lipinski definition) is 7. The summed E-state index contributed by atoms with van der Waals surface area (Å²) in [5, 5.41) is 4.94. The lowest BCUT2D eigenvalue weighted by Crippen LogP contribution is -2.37. The third kappa shape index (κ3) is 3.74. The minimum absolute atomic E-state index is 0.0172. The minimum Gasteiger partial charge on any atom is -0.383 e. The summed E-state index contributed by atoms with van der Waals surface area (Å²) < 4.78 is 38.2. The summed E-state index contributed by atoms with van der Waals surface area (Å²) in [6.07, 6.45) is 4.50. The van der Waals surface area contributed by atoms with E-state index in [1.807, 2.05) is 0 Å². The topological polar surface area (TPSA) is 117 Å². The summed E-state index contributed by atoms with van der Waals surface area (Å²) in [5.74, 6) is 3.53. The zero-order chi connectivity index (χ0) is 25.6. The summed E-state index contributed by atoms with van der Waals surface area (Å²) >= 11 is 0. The number of hydrogen-bond donors (Lipinski definition) is 1. The highest BCUT2D eigenvalue weighted by Gasteiger charge is 2.37. The molecule has 2 N–H and O–H groups in total. The number of carbonyl (C=O) groups excluding carboxylic acids is 1. The fourth-order valence-electron chi connectivity index (χ4n) is 4.57. The maximum atomic E-state index is 15.0. The Morgan fingerprint density at radius 2 is 2.14 bits per heavy atom. The highest BCUT2D eigenvalue weighted by molar-refractivity contribution is 5.91. The smallest absolute Gasteiger partial charge is 0.246 e. The molecule has 1 aromatic carbocycles.